The van der Waals surface area contributed by atoms with Crippen LogP contribution in [0.25, 0.3) is 5.69 Å². The van der Waals surface area contributed by atoms with E-state index >= 15 is 0 Å². The van der Waals surface area contributed by atoms with Crippen molar-refractivity contribution in [3.05, 3.63) is 80.0 Å². The van der Waals surface area contributed by atoms with Crippen LogP contribution in [-0.2, 0) is 10.0 Å². The number of rotatable bonds is 5. The minimum Gasteiger partial charge on any atom is -0.493 e. The van der Waals surface area contributed by atoms with Crippen molar-refractivity contribution in [2.75, 3.05) is 7.05 Å². The highest BCUT2D eigenvalue weighted by atomic mass is 35.5. The predicted octanol–water partition coefficient (Wildman–Crippen LogP) is 1.54. The van der Waals surface area contributed by atoms with Crippen molar-refractivity contribution in [3.8, 4) is 11.6 Å². The largest absolute Gasteiger partial charge is 0.493 e. The van der Waals surface area contributed by atoms with Gasteiger partial charge in [-0.1, -0.05) is 11.6 Å². The Morgan fingerprint density at radius 2 is 1.72 bits per heavy atom. The Morgan fingerprint density at radius 3 is 2.31 bits per heavy atom. The fourth-order valence-corrected chi connectivity index (χ4v) is 3.31. The lowest BCUT2D eigenvalue weighted by Gasteiger charge is -2.09. The Morgan fingerprint density at radius 1 is 1.10 bits per heavy atom. The molecule has 0 fully saturated rings. The summed E-state index contributed by atoms with van der Waals surface area (Å²) in [5.74, 6) is -0.598. The van der Waals surface area contributed by atoms with Gasteiger partial charge in [-0.25, -0.2) is 22.5 Å². The Kier molecular flexibility index (Phi) is 5.69. The van der Waals surface area contributed by atoms with Crippen LogP contribution in [0, 0.1) is 0 Å². The van der Waals surface area contributed by atoms with Crippen LogP contribution in [0.4, 0.5) is 5.69 Å². The van der Waals surface area contributed by atoms with Gasteiger partial charge in [0.15, 0.2) is 0 Å². The van der Waals surface area contributed by atoms with E-state index in [1.54, 1.807) is 0 Å². The molecular formula is C18H15ClN4O5S. The molecule has 29 heavy (non-hydrogen) atoms. The molecule has 9 nitrogen and oxygen atoms in total. The van der Waals surface area contributed by atoms with E-state index in [1.165, 1.54) is 55.6 Å². The first-order chi connectivity index (χ1) is 13.7. The predicted molar refractivity (Wildman–Crippen MR) is 109 cm³/mol. The molecule has 0 spiro atoms. The fraction of sp³-hybridized carbons (Fsp3) is 0.0556. The van der Waals surface area contributed by atoms with E-state index in [-0.39, 0.29) is 10.5 Å². The summed E-state index contributed by atoms with van der Waals surface area (Å²) in [5, 5.41) is 10.9. The molecule has 3 rings (SSSR count). The Bertz CT molecular complexity index is 1290. The average Bonchev–Trinajstić information content (AvgIpc) is 2.69. The SMILES string of the molecule is CNS(=O)(=O)c1ccc(N=Cc2c(O)n(-c3ccc(Cl)cc3)c(=O)[nH]c2=O)cc1. The molecule has 11 heteroatoms. The molecule has 1 heterocycles. The van der Waals surface area contributed by atoms with Crippen molar-refractivity contribution in [1.82, 2.24) is 14.3 Å². The lowest BCUT2D eigenvalue weighted by atomic mass is 10.3. The molecule has 0 amide bonds. The molecule has 2 aromatic carbocycles. The Balaban J connectivity index is 2.01. The molecule has 0 unspecified atom stereocenters. The van der Waals surface area contributed by atoms with E-state index in [9.17, 15) is 23.1 Å². The van der Waals surface area contributed by atoms with Crippen molar-refractivity contribution < 1.29 is 13.5 Å². The van der Waals surface area contributed by atoms with Crippen molar-refractivity contribution in [3.63, 3.8) is 0 Å². The maximum Gasteiger partial charge on any atom is 0.335 e. The third kappa shape index (κ3) is 4.29. The van der Waals surface area contributed by atoms with Gasteiger partial charge in [0.2, 0.25) is 15.9 Å². The summed E-state index contributed by atoms with van der Waals surface area (Å²) in [6.45, 7) is 0. The molecule has 0 radical (unpaired) electrons. The number of hydrogen-bond acceptors (Lipinski definition) is 6. The zero-order valence-electron chi connectivity index (χ0n) is 15.0. The van der Waals surface area contributed by atoms with Crippen molar-refractivity contribution in [2.24, 2.45) is 4.99 Å². The summed E-state index contributed by atoms with van der Waals surface area (Å²) in [4.78, 5) is 30.5. The van der Waals surface area contributed by atoms with Gasteiger partial charge in [0.05, 0.1) is 16.3 Å². The van der Waals surface area contributed by atoms with Crippen molar-refractivity contribution in [1.29, 1.82) is 0 Å². The van der Waals surface area contributed by atoms with Crippen LogP contribution in [0.15, 0.2) is 68.0 Å². The molecular weight excluding hydrogens is 420 g/mol. The van der Waals surface area contributed by atoms with E-state index in [1.807, 2.05) is 0 Å². The molecule has 3 N–H and O–H groups in total. The van der Waals surface area contributed by atoms with Crippen LogP contribution in [0.2, 0.25) is 5.02 Å². The fourth-order valence-electron chi connectivity index (χ4n) is 2.45. The van der Waals surface area contributed by atoms with Gasteiger partial charge in [-0.2, -0.15) is 0 Å². The third-order valence-electron chi connectivity index (χ3n) is 3.96. The number of aromatic hydroxyl groups is 1. The van der Waals surface area contributed by atoms with Gasteiger partial charge in [0, 0.05) is 11.2 Å². The second kappa shape index (κ2) is 8.03. The van der Waals surface area contributed by atoms with Gasteiger partial charge in [0.1, 0.15) is 5.56 Å². The Hall–Kier alpha value is -3.21. The highest BCUT2D eigenvalue weighted by molar-refractivity contribution is 7.89. The normalized spacial score (nSPS) is 11.8. The number of aromatic nitrogens is 2. The van der Waals surface area contributed by atoms with Crippen molar-refractivity contribution >= 4 is 33.5 Å². The van der Waals surface area contributed by atoms with Crippen molar-refractivity contribution in [2.45, 2.75) is 4.90 Å². The van der Waals surface area contributed by atoms with E-state index in [2.05, 4.69) is 14.7 Å². The topological polar surface area (TPSA) is 134 Å². The maximum absolute atomic E-state index is 12.1. The molecule has 0 saturated carbocycles. The molecule has 0 aliphatic carbocycles. The van der Waals surface area contributed by atoms with E-state index in [0.717, 1.165) is 10.8 Å². The smallest absolute Gasteiger partial charge is 0.335 e. The zero-order chi connectivity index (χ0) is 21.2. The van der Waals surface area contributed by atoms with E-state index in [4.69, 9.17) is 11.6 Å². The standard InChI is InChI=1S/C18H15ClN4O5S/c1-20-29(27,28)14-8-4-12(5-9-14)21-10-15-16(24)22-18(26)23(17(15)25)13-6-2-11(19)3-7-13/h2-10,20,25H,1H3,(H,22,24,26). The zero-order valence-corrected chi connectivity index (χ0v) is 16.5. The summed E-state index contributed by atoms with van der Waals surface area (Å²) in [6, 6.07) is 11.6. The number of nitrogens with one attached hydrogen (secondary N) is 2. The monoisotopic (exact) mass is 434 g/mol. The second-order valence-corrected chi connectivity index (χ2v) is 8.09. The van der Waals surface area contributed by atoms with Crippen LogP contribution in [0.5, 0.6) is 5.88 Å². The molecule has 0 aliphatic rings. The first kappa shape index (κ1) is 20.5. The highest BCUT2D eigenvalue weighted by Crippen LogP contribution is 2.19. The number of aromatic amines is 1. The highest BCUT2D eigenvalue weighted by Gasteiger charge is 2.14. The average molecular weight is 435 g/mol. The lowest BCUT2D eigenvalue weighted by molar-refractivity contribution is 0.430. The molecule has 3 aromatic rings. The maximum atomic E-state index is 12.1. The lowest BCUT2D eigenvalue weighted by Crippen LogP contribution is -2.31. The third-order valence-corrected chi connectivity index (χ3v) is 5.65. The molecule has 0 saturated heterocycles. The minimum absolute atomic E-state index is 0.0518. The number of aliphatic imine (C=N–C) groups is 1. The first-order valence-corrected chi connectivity index (χ1v) is 10.0. The van der Waals surface area contributed by atoms with E-state index in [0.29, 0.717) is 16.4 Å². The number of hydrogen-bond donors (Lipinski definition) is 3. The number of benzene rings is 2. The Labute approximate surface area is 170 Å². The van der Waals surface area contributed by atoms with Crippen LogP contribution >= 0.6 is 11.6 Å². The summed E-state index contributed by atoms with van der Waals surface area (Å²) < 4.78 is 26.6. The quantitative estimate of drug-likeness (QED) is 0.524. The van der Waals surface area contributed by atoms with Gasteiger partial charge in [0.25, 0.3) is 5.56 Å². The summed E-state index contributed by atoms with van der Waals surface area (Å²) in [5.41, 5.74) is -1.26. The number of sulfonamides is 1. The van der Waals surface area contributed by atoms with Gasteiger partial charge >= 0.3 is 5.69 Å². The van der Waals surface area contributed by atoms with Gasteiger partial charge in [-0.05, 0) is 55.6 Å². The number of halogens is 1. The van der Waals surface area contributed by atoms with Gasteiger partial charge < -0.3 is 5.11 Å². The first-order valence-electron chi connectivity index (χ1n) is 8.15. The molecule has 1 aromatic heterocycles. The summed E-state index contributed by atoms with van der Waals surface area (Å²) >= 11 is 5.83. The minimum atomic E-state index is -3.58. The van der Waals surface area contributed by atoms with Gasteiger partial charge in [-0.3, -0.25) is 14.8 Å². The van der Waals surface area contributed by atoms with E-state index < -0.39 is 27.2 Å². The number of H-pyrrole nitrogens is 1. The molecule has 150 valence electrons. The molecule has 0 aliphatic heterocycles. The summed E-state index contributed by atoms with van der Waals surface area (Å²) in [7, 11) is -2.29. The van der Waals surface area contributed by atoms with Crippen LogP contribution < -0.4 is 16.0 Å². The summed E-state index contributed by atoms with van der Waals surface area (Å²) in [6.07, 6.45) is 1.08. The van der Waals surface area contributed by atoms with Crippen LogP contribution in [0.1, 0.15) is 5.56 Å². The van der Waals surface area contributed by atoms with Gasteiger partial charge in [-0.15, -0.1) is 0 Å². The van der Waals surface area contributed by atoms with Crippen LogP contribution in [0.3, 0.4) is 0 Å². The second-order valence-electron chi connectivity index (χ2n) is 5.77. The van der Waals surface area contributed by atoms with Crippen LogP contribution in [-0.4, -0.2) is 36.3 Å². The molecule has 0 bridgehead atoms. The molecule has 0 atom stereocenters. The number of nitrogens with zero attached hydrogens (tertiary/aromatic N) is 2.